The summed E-state index contributed by atoms with van der Waals surface area (Å²) in [6, 6.07) is 7.36. The maximum atomic E-state index is 11.9. The molecule has 0 N–H and O–H groups in total. The summed E-state index contributed by atoms with van der Waals surface area (Å²) in [5, 5.41) is 0. The topological polar surface area (TPSA) is 72.9 Å². The second-order valence-electron chi connectivity index (χ2n) is 5.47. The first kappa shape index (κ1) is 17.9. The number of halogens is 1. The first-order valence-electron chi connectivity index (χ1n) is 7.35. The summed E-state index contributed by atoms with van der Waals surface area (Å²) in [5.41, 5.74) is 0. The predicted molar refractivity (Wildman–Crippen MR) is 87.4 cm³/mol. The summed E-state index contributed by atoms with van der Waals surface area (Å²) in [6.45, 7) is 1.41. The normalized spacial score (nSPS) is 18.3. The van der Waals surface area contributed by atoms with Crippen LogP contribution >= 0.6 is 10.7 Å². The molecule has 1 aromatic carbocycles. The minimum atomic E-state index is -3.57. The van der Waals surface area contributed by atoms with Crippen LogP contribution in [0.15, 0.2) is 24.3 Å². The molecule has 1 heterocycles. The third-order valence-electron chi connectivity index (χ3n) is 3.63. The molecule has 1 aromatic rings. The molecule has 0 radical (unpaired) electrons. The van der Waals surface area contributed by atoms with E-state index in [0.717, 1.165) is 0 Å². The lowest BCUT2D eigenvalue weighted by atomic mass is 10.1. The van der Waals surface area contributed by atoms with E-state index in [1.54, 1.807) is 12.0 Å². The van der Waals surface area contributed by atoms with Crippen LogP contribution in [0, 0.1) is 5.92 Å². The van der Waals surface area contributed by atoms with Crippen LogP contribution in [0.1, 0.15) is 12.8 Å². The molecule has 2 rings (SSSR count). The molecule has 1 amide bonds. The Morgan fingerprint density at radius 3 is 2.65 bits per heavy atom. The number of nitrogens with zero attached hydrogens (tertiary/aromatic N) is 1. The van der Waals surface area contributed by atoms with Gasteiger partial charge in [-0.1, -0.05) is 12.1 Å². The third-order valence-corrected chi connectivity index (χ3v) is 4.88. The molecule has 0 saturated carbocycles. The van der Waals surface area contributed by atoms with Crippen molar-refractivity contribution >= 4 is 25.6 Å². The second-order valence-corrected chi connectivity index (χ2v) is 8.29. The molecule has 0 bridgehead atoms. The molecule has 23 heavy (non-hydrogen) atoms. The molecule has 0 aliphatic carbocycles. The standard InChI is InChI=1S/C15H20ClNO5S/c1-21-13-5-2-3-6-14(13)22-8-4-7-17-10-12(9-15(17)18)11-23(16,19)20/h2-3,5-6,12H,4,7-11H2,1H3. The molecule has 8 heteroatoms. The van der Waals surface area contributed by atoms with Crippen LogP contribution in [0.2, 0.25) is 0 Å². The van der Waals surface area contributed by atoms with Crippen LogP contribution in [-0.4, -0.2) is 51.8 Å². The van der Waals surface area contributed by atoms with Gasteiger partial charge in [-0.2, -0.15) is 0 Å². The lowest BCUT2D eigenvalue weighted by Gasteiger charge is -2.17. The Hall–Kier alpha value is -1.47. The maximum absolute atomic E-state index is 11.9. The van der Waals surface area contributed by atoms with Gasteiger partial charge in [0.25, 0.3) is 0 Å². The van der Waals surface area contributed by atoms with Crippen LogP contribution in [0.5, 0.6) is 11.5 Å². The molecule has 1 aliphatic rings. The van der Waals surface area contributed by atoms with Crippen LogP contribution in [0.3, 0.4) is 0 Å². The summed E-state index contributed by atoms with van der Waals surface area (Å²) in [4.78, 5) is 13.5. The summed E-state index contributed by atoms with van der Waals surface area (Å²) in [7, 11) is 3.25. The van der Waals surface area contributed by atoms with E-state index in [9.17, 15) is 13.2 Å². The smallest absolute Gasteiger partial charge is 0.232 e. The molecule has 1 fully saturated rings. The van der Waals surface area contributed by atoms with E-state index in [-0.39, 0.29) is 24.0 Å². The SMILES string of the molecule is COc1ccccc1OCCCN1CC(CS(=O)(=O)Cl)CC1=O. The van der Waals surface area contributed by atoms with Gasteiger partial charge in [0.15, 0.2) is 11.5 Å². The van der Waals surface area contributed by atoms with Crippen LogP contribution in [0.4, 0.5) is 0 Å². The minimum Gasteiger partial charge on any atom is -0.493 e. The summed E-state index contributed by atoms with van der Waals surface area (Å²) in [6.07, 6.45) is 0.892. The van der Waals surface area contributed by atoms with Crippen molar-refractivity contribution < 1.29 is 22.7 Å². The minimum absolute atomic E-state index is 0.0346. The van der Waals surface area contributed by atoms with Crippen molar-refractivity contribution in [2.45, 2.75) is 12.8 Å². The Labute approximate surface area is 140 Å². The Morgan fingerprint density at radius 1 is 1.30 bits per heavy atom. The number of likely N-dealkylation sites (tertiary alicyclic amines) is 1. The molecule has 1 unspecified atom stereocenters. The summed E-state index contributed by atoms with van der Waals surface area (Å²) < 4.78 is 33.0. The Balaban J connectivity index is 1.75. The van der Waals surface area contributed by atoms with Crippen molar-refractivity contribution in [1.29, 1.82) is 0 Å². The van der Waals surface area contributed by atoms with Gasteiger partial charge >= 0.3 is 0 Å². The van der Waals surface area contributed by atoms with Gasteiger partial charge in [0.05, 0.1) is 19.5 Å². The Morgan fingerprint density at radius 2 is 2.00 bits per heavy atom. The highest BCUT2D eigenvalue weighted by Gasteiger charge is 2.31. The lowest BCUT2D eigenvalue weighted by Crippen LogP contribution is -2.28. The number of rotatable bonds is 8. The van der Waals surface area contributed by atoms with Gasteiger partial charge in [-0.3, -0.25) is 4.79 Å². The number of hydrogen-bond donors (Lipinski definition) is 0. The van der Waals surface area contributed by atoms with Gasteiger partial charge in [0.1, 0.15) is 0 Å². The number of methoxy groups -OCH3 is 1. The molecular formula is C15H20ClNO5S. The second kappa shape index (κ2) is 7.88. The third kappa shape index (κ3) is 5.58. The van der Waals surface area contributed by atoms with Crippen molar-refractivity contribution in [3.8, 4) is 11.5 Å². The monoisotopic (exact) mass is 361 g/mol. The van der Waals surface area contributed by atoms with E-state index in [0.29, 0.717) is 37.6 Å². The molecule has 0 spiro atoms. The summed E-state index contributed by atoms with van der Waals surface area (Å²) >= 11 is 0. The van der Waals surface area contributed by atoms with E-state index in [1.807, 2.05) is 24.3 Å². The highest BCUT2D eigenvalue weighted by Crippen LogP contribution is 2.26. The molecular weight excluding hydrogens is 342 g/mol. The van der Waals surface area contributed by atoms with Crippen LogP contribution in [0.25, 0.3) is 0 Å². The predicted octanol–water partition coefficient (Wildman–Crippen LogP) is 1.88. The largest absolute Gasteiger partial charge is 0.493 e. The van der Waals surface area contributed by atoms with Gasteiger partial charge in [-0.25, -0.2) is 8.42 Å². The van der Waals surface area contributed by atoms with E-state index >= 15 is 0 Å². The van der Waals surface area contributed by atoms with Crippen molar-refractivity contribution in [3.05, 3.63) is 24.3 Å². The van der Waals surface area contributed by atoms with E-state index < -0.39 is 9.05 Å². The fraction of sp³-hybridized carbons (Fsp3) is 0.533. The number of ether oxygens (including phenoxy) is 2. The van der Waals surface area contributed by atoms with E-state index in [1.165, 1.54) is 0 Å². The van der Waals surface area contributed by atoms with E-state index in [4.69, 9.17) is 20.2 Å². The van der Waals surface area contributed by atoms with Gasteiger partial charge < -0.3 is 14.4 Å². The maximum Gasteiger partial charge on any atom is 0.232 e. The number of amides is 1. The number of hydrogen-bond acceptors (Lipinski definition) is 5. The Bertz CT molecular complexity index is 649. The summed E-state index contributed by atoms with van der Waals surface area (Å²) in [5.74, 6) is 0.910. The van der Waals surface area contributed by atoms with Gasteiger partial charge in [0.2, 0.25) is 15.0 Å². The highest BCUT2D eigenvalue weighted by atomic mass is 35.7. The van der Waals surface area contributed by atoms with Crippen molar-refractivity contribution in [2.75, 3.05) is 32.6 Å². The fourth-order valence-electron chi connectivity index (χ4n) is 2.64. The molecule has 6 nitrogen and oxygen atoms in total. The molecule has 1 saturated heterocycles. The van der Waals surface area contributed by atoms with Crippen molar-refractivity contribution in [3.63, 3.8) is 0 Å². The van der Waals surface area contributed by atoms with Gasteiger partial charge in [-0.05, 0) is 18.6 Å². The Kier molecular flexibility index (Phi) is 6.12. The zero-order chi connectivity index (χ0) is 16.9. The zero-order valence-corrected chi connectivity index (χ0v) is 14.5. The van der Waals surface area contributed by atoms with Gasteiger partial charge in [0, 0.05) is 36.1 Å². The lowest BCUT2D eigenvalue weighted by molar-refractivity contribution is -0.127. The average Bonchev–Trinajstić information content (AvgIpc) is 2.81. The van der Waals surface area contributed by atoms with Crippen molar-refractivity contribution in [1.82, 2.24) is 4.90 Å². The molecule has 1 aliphatic heterocycles. The van der Waals surface area contributed by atoms with E-state index in [2.05, 4.69) is 0 Å². The number of benzene rings is 1. The average molecular weight is 362 g/mol. The van der Waals surface area contributed by atoms with Crippen LogP contribution in [-0.2, 0) is 13.8 Å². The van der Waals surface area contributed by atoms with Crippen molar-refractivity contribution in [2.24, 2.45) is 5.92 Å². The van der Waals surface area contributed by atoms with Crippen LogP contribution < -0.4 is 9.47 Å². The number of carbonyl (C=O) groups excluding carboxylic acids is 1. The number of para-hydroxylation sites is 2. The molecule has 1 atom stereocenters. The molecule has 0 aromatic heterocycles. The molecule has 128 valence electrons. The quantitative estimate of drug-likeness (QED) is 0.522. The first-order valence-corrected chi connectivity index (χ1v) is 9.83. The van der Waals surface area contributed by atoms with Gasteiger partial charge in [-0.15, -0.1) is 0 Å². The first-order chi connectivity index (χ1) is 10.9. The highest BCUT2D eigenvalue weighted by molar-refractivity contribution is 8.13. The number of carbonyl (C=O) groups is 1. The fourth-order valence-corrected chi connectivity index (χ4v) is 3.96. The zero-order valence-electron chi connectivity index (χ0n) is 12.9.